The van der Waals surface area contributed by atoms with E-state index >= 15 is 0 Å². The standard InChI is InChI=1S/C20H30ClN3/c1-8-13-24-17(14-9-11-15(21)12-10-14)16(22-19(2,3)4)18(24)23-20(5,6)7/h9-12,17H,8,13H2,1-7H3. The van der Waals surface area contributed by atoms with E-state index in [9.17, 15) is 0 Å². The first-order chi connectivity index (χ1) is 11.0. The summed E-state index contributed by atoms with van der Waals surface area (Å²) in [7, 11) is 0. The predicted octanol–water partition coefficient (Wildman–Crippen LogP) is 5.54. The number of aliphatic imine (C=N–C) groups is 2. The molecule has 0 spiro atoms. The molecule has 1 saturated heterocycles. The van der Waals surface area contributed by atoms with Gasteiger partial charge in [0.1, 0.15) is 17.6 Å². The third-order valence-electron chi connectivity index (χ3n) is 3.62. The highest BCUT2D eigenvalue weighted by Crippen LogP contribution is 2.36. The fourth-order valence-corrected chi connectivity index (χ4v) is 2.97. The average Bonchev–Trinajstić information content (AvgIpc) is 2.43. The average molecular weight is 348 g/mol. The number of likely N-dealkylation sites (tertiary alicyclic amines) is 1. The van der Waals surface area contributed by atoms with Crippen molar-refractivity contribution < 1.29 is 0 Å². The molecule has 3 nitrogen and oxygen atoms in total. The number of nitrogens with zero attached hydrogens (tertiary/aromatic N) is 3. The molecule has 1 heterocycles. The van der Waals surface area contributed by atoms with E-state index < -0.39 is 0 Å². The van der Waals surface area contributed by atoms with Crippen molar-refractivity contribution in [2.24, 2.45) is 9.98 Å². The molecule has 24 heavy (non-hydrogen) atoms. The second kappa shape index (κ2) is 6.87. The van der Waals surface area contributed by atoms with Crippen molar-refractivity contribution in [2.45, 2.75) is 72.0 Å². The summed E-state index contributed by atoms with van der Waals surface area (Å²) >= 11 is 6.07. The Labute approximate surface area is 151 Å². The third kappa shape index (κ3) is 4.60. The number of hydrogen-bond acceptors (Lipinski definition) is 2. The smallest absolute Gasteiger partial charge is 0.149 e. The van der Waals surface area contributed by atoms with Gasteiger partial charge in [0.25, 0.3) is 0 Å². The van der Waals surface area contributed by atoms with Gasteiger partial charge in [0, 0.05) is 11.6 Å². The van der Waals surface area contributed by atoms with Crippen molar-refractivity contribution in [1.29, 1.82) is 0 Å². The van der Waals surface area contributed by atoms with Crippen LogP contribution in [0.3, 0.4) is 0 Å². The van der Waals surface area contributed by atoms with Crippen molar-refractivity contribution in [3.63, 3.8) is 0 Å². The van der Waals surface area contributed by atoms with Crippen molar-refractivity contribution in [2.75, 3.05) is 6.54 Å². The fourth-order valence-electron chi connectivity index (χ4n) is 2.84. The number of rotatable bonds is 3. The van der Waals surface area contributed by atoms with Crippen LogP contribution in [-0.2, 0) is 0 Å². The van der Waals surface area contributed by atoms with E-state index in [0.717, 1.165) is 29.5 Å². The van der Waals surface area contributed by atoms with Crippen LogP contribution in [0.4, 0.5) is 0 Å². The van der Waals surface area contributed by atoms with Crippen LogP contribution < -0.4 is 0 Å². The predicted molar refractivity (Wildman–Crippen MR) is 106 cm³/mol. The Morgan fingerprint density at radius 3 is 1.96 bits per heavy atom. The number of hydrogen-bond donors (Lipinski definition) is 0. The van der Waals surface area contributed by atoms with Gasteiger partial charge in [0.2, 0.25) is 0 Å². The van der Waals surface area contributed by atoms with Gasteiger partial charge in [0.15, 0.2) is 0 Å². The molecule has 1 aliphatic heterocycles. The van der Waals surface area contributed by atoms with Gasteiger partial charge in [-0.3, -0.25) is 9.98 Å². The van der Waals surface area contributed by atoms with Crippen LogP contribution in [-0.4, -0.2) is 34.1 Å². The zero-order valence-electron chi connectivity index (χ0n) is 16.0. The van der Waals surface area contributed by atoms with Gasteiger partial charge in [0.05, 0.1) is 11.1 Å². The molecule has 0 radical (unpaired) electrons. The summed E-state index contributed by atoms with van der Waals surface area (Å²) in [4.78, 5) is 12.3. The molecular weight excluding hydrogens is 318 g/mol. The van der Waals surface area contributed by atoms with Gasteiger partial charge < -0.3 is 4.90 Å². The molecule has 1 atom stereocenters. The van der Waals surface area contributed by atoms with Crippen molar-refractivity contribution in [3.05, 3.63) is 34.9 Å². The Balaban J connectivity index is 2.51. The van der Waals surface area contributed by atoms with Gasteiger partial charge in [-0.15, -0.1) is 0 Å². The molecule has 0 amide bonds. The first kappa shape index (κ1) is 19.0. The van der Waals surface area contributed by atoms with Crippen molar-refractivity contribution in [1.82, 2.24) is 4.90 Å². The minimum absolute atomic E-state index is 0.120. The van der Waals surface area contributed by atoms with Crippen molar-refractivity contribution in [3.8, 4) is 0 Å². The molecule has 1 aromatic rings. The maximum atomic E-state index is 6.07. The summed E-state index contributed by atoms with van der Waals surface area (Å²) in [6, 6.07) is 8.27. The summed E-state index contributed by atoms with van der Waals surface area (Å²) in [5.41, 5.74) is 2.07. The quantitative estimate of drug-likeness (QED) is 0.705. The molecule has 1 aliphatic rings. The number of amidine groups is 1. The first-order valence-corrected chi connectivity index (χ1v) is 9.12. The lowest BCUT2D eigenvalue weighted by Gasteiger charge is -2.47. The van der Waals surface area contributed by atoms with E-state index in [4.69, 9.17) is 21.6 Å². The van der Waals surface area contributed by atoms with Gasteiger partial charge in [-0.05, 0) is 65.7 Å². The van der Waals surface area contributed by atoms with Crippen LogP contribution in [0.2, 0.25) is 5.02 Å². The van der Waals surface area contributed by atoms with Crippen LogP contribution in [0.1, 0.15) is 66.5 Å². The van der Waals surface area contributed by atoms with Crippen LogP contribution in [0, 0.1) is 0 Å². The van der Waals surface area contributed by atoms with Crippen LogP contribution in [0.25, 0.3) is 0 Å². The Bertz CT molecular complexity index is 630. The van der Waals surface area contributed by atoms with E-state index in [0.29, 0.717) is 0 Å². The molecule has 1 aromatic carbocycles. The van der Waals surface area contributed by atoms with E-state index in [1.54, 1.807) is 0 Å². The topological polar surface area (TPSA) is 28.0 Å². The van der Waals surface area contributed by atoms with E-state index in [1.165, 1.54) is 5.56 Å². The third-order valence-corrected chi connectivity index (χ3v) is 3.87. The molecule has 132 valence electrons. The van der Waals surface area contributed by atoms with Gasteiger partial charge >= 0.3 is 0 Å². The molecule has 0 aromatic heterocycles. The maximum absolute atomic E-state index is 6.07. The molecule has 4 heteroatoms. The normalized spacial score (nSPS) is 22.2. The summed E-state index contributed by atoms with van der Waals surface area (Å²) in [5.74, 6) is 1.04. The number of benzene rings is 1. The van der Waals surface area contributed by atoms with E-state index in [1.807, 2.05) is 12.1 Å². The lowest BCUT2D eigenvalue weighted by Crippen LogP contribution is -2.57. The Morgan fingerprint density at radius 2 is 1.50 bits per heavy atom. The highest BCUT2D eigenvalue weighted by atomic mass is 35.5. The second-order valence-corrected chi connectivity index (χ2v) is 8.86. The Hall–Kier alpha value is -1.35. The van der Waals surface area contributed by atoms with Gasteiger partial charge in [-0.25, -0.2) is 0 Å². The molecule has 1 unspecified atom stereocenters. The summed E-state index contributed by atoms with van der Waals surface area (Å²) in [6.45, 7) is 16.0. The second-order valence-electron chi connectivity index (χ2n) is 8.42. The molecule has 0 N–H and O–H groups in total. The highest BCUT2D eigenvalue weighted by Gasteiger charge is 2.43. The maximum Gasteiger partial charge on any atom is 0.149 e. The monoisotopic (exact) mass is 347 g/mol. The number of halogens is 1. The van der Waals surface area contributed by atoms with E-state index in [2.05, 4.69) is 65.5 Å². The summed E-state index contributed by atoms with van der Waals surface area (Å²) in [6.07, 6.45) is 1.08. The lowest BCUT2D eigenvalue weighted by molar-refractivity contribution is 0.343. The van der Waals surface area contributed by atoms with Crippen LogP contribution in [0.5, 0.6) is 0 Å². The van der Waals surface area contributed by atoms with Gasteiger partial charge in [-0.2, -0.15) is 0 Å². The lowest BCUT2D eigenvalue weighted by atomic mass is 9.89. The molecule has 1 fully saturated rings. The van der Waals surface area contributed by atoms with Crippen LogP contribution >= 0.6 is 11.6 Å². The molecule has 0 bridgehead atoms. The minimum atomic E-state index is -0.128. The summed E-state index contributed by atoms with van der Waals surface area (Å²) < 4.78 is 0. The highest BCUT2D eigenvalue weighted by molar-refractivity contribution is 6.49. The zero-order chi connectivity index (χ0) is 18.1. The Kier molecular flexibility index (Phi) is 5.44. The van der Waals surface area contributed by atoms with Gasteiger partial charge in [-0.1, -0.05) is 30.7 Å². The molecular formula is C20H30ClN3. The zero-order valence-corrected chi connectivity index (χ0v) is 16.8. The van der Waals surface area contributed by atoms with Crippen molar-refractivity contribution >= 4 is 23.1 Å². The Morgan fingerprint density at radius 1 is 0.958 bits per heavy atom. The fraction of sp³-hybridized carbons (Fsp3) is 0.600. The van der Waals surface area contributed by atoms with E-state index in [-0.39, 0.29) is 17.1 Å². The molecule has 0 aliphatic carbocycles. The molecule has 2 rings (SSSR count). The SMILES string of the molecule is CCCN1C(=NC(C)(C)C)C(=NC(C)(C)C)C1c1ccc(Cl)cc1. The van der Waals surface area contributed by atoms with Crippen LogP contribution in [0.15, 0.2) is 34.3 Å². The summed E-state index contributed by atoms with van der Waals surface area (Å²) in [5, 5.41) is 0.762. The first-order valence-electron chi connectivity index (χ1n) is 8.74. The largest absolute Gasteiger partial charge is 0.342 e. The minimum Gasteiger partial charge on any atom is -0.342 e. The molecule has 0 saturated carbocycles.